The van der Waals surface area contributed by atoms with Crippen LogP contribution in [-0.4, -0.2) is 32.0 Å². The first kappa shape index (κ1) is 26.9. The van der Waals surface area contributed by atoms with Crippen LogP contribution < -0.4 is 10.6 Å². The second kappa shape index (κ2) is 11.2. The number of hydrogen-bond acceptors (Lipinski definition) is 3. The Labute approximate surface area is 240 Å². The molecule has 200 valence electrons. The Kier molecular flexibility index (Phi) is 7.73. The van der Waals surface area contributed by atoms with Crippen molar-refractivity contribution >= 4 is 40.5 Å². The van der Waals surface area contributed by atoms with Crippen LogP contribution in [0, 0.1) is 27.7 Å². The molecule has 0 saturated carbocycles. The van der Waals surface area contributed by atoms with Crippen molar-refractivity contribution < 1.29 is 4.79 Å². The highest BCUT2D eigenvalue weighted by Gasteiger charge is 2.41. The lowest BCUT2D eigenvalue weighted by atomic mass is 9.96. The summed E-state index contributed by atoms with van der Waals surface area (Å²) in [6.45, 7) is 8.73. The van der Waals surface area contributed by atoms with Crippen molar-refractivity contribution in [1.29, 1.82) is 0 Å². The van der Waals surface area contributed by atoms with Gasteiger partial charge < -0.3 is 20.1 Å². The number of carbonyl (C=O) groups excluding carboxylic acids is 1. The van der Waals surface area contributed by atoms with E-state index >= 15 is 0 Å². The van der Waals surface area contributed by atoms with E-state index < -0.39 is 0 Å². The van der Waals surface area contributed by atoms with E-state index in [-0.39, 0.29) is 18.0 Å². The molecule has 2 atom stereocenters. The first-order valence-corrected chi connectivity index (χ1v) is 13.8. The number of para-hydroxylation sites is 1. The van der Waals surface area contributed by atoms with Crippen LogP contribution in [-0.2, 0) is 4.79 Å². The zero-order valence-electron chi connectivity index (χ0n) is 22.5. The quantitative estimate of drug-likeness (QED) is 0.246. The molecule has 1 saturated heterocycles. The zero-order chi connectivity index (χ0) is 27.7. The third kappa shape index (κ3) is 5.29. The summed E-state index contributed by atoms with van der Waals surface area (Å²) in [6, 6.07) is 21.6. The third-order valence-electron chi connectivity index (χ3n) is 7.47. The summed E-state index contributed by atoms with van der Waals surface area (Å²) in [4.78, 5) is 19.8. The molecule has 39 heavy (non-hydrogen) atoms. The number of halogens is 1. The van der Waals surface area contributed by atoms with Crippen molar-refractivity contribution in [2.45, 2.75) is 46.2 Å². The summed E-state index contributed by atoms with van der Waals surface area (Å²) in [7, 11) is 0. The number of hydrogen-bond donors (Lipinski definition) is 2. The Morgan fingerprint density at radius 2 is 1.82 bits per heavy atom. The smallest absolute Gasteiger partial charge is 0.226 e. The molecule has 6 nitrogen and oxygen atoms in total. The van der Waals surface area contributed by atoms with Gasteiger partial charge in [0.05, 0.1) is 17.8 Å². The van der Waals surface area contributed by atoms with E-state index in [1.807, 2.05) is 68.4 Å². The number of thiocarbonyl (C=S) groups is 1. The monoisotopic (exact) mass is 557 g/mol. The normalized spacial score (nSPS) is 16.8. The molecule has 8 heteroatoms. The van der Waals surface area contributed by atoms with Crippen molar-refractivity contribution in [1.82, 2.24) is 19.8 Å². The summed E-state index contributed by atoms with van der Waals surface area (Å²) < 4.78 is 2.25. The molecule has 0 aliphatic carbocycles. The van der Waals surface area contributed by atoms with Crippen LogP contribution in [0.3, 0.4) is 0 Å². The van der Waals surface area contributed by atoms with Crippen LogP contribution in [0.15, 0.2) is 72.9 Å². The Bertz CT molecular complexity index is 1530. The third-order valence-corrected chi connectivity index (χ3v) is 8.23. The number of rotatable bonds is 7. The van der Waals surface area contributed by atoms with Crippen LogP contribution >= 0.6 is 23.8 Å². The van der Waals surface area contributed by atoms with Gasteiger partial charge in [0.15, 0.2) is 5.11 Å². The first-order valence-electron chi connectivity index (χ1n) is 13.0. The Hall–Kier alpha value is -3.68. The second-order valence-corrected chi connectivity index (χ2v) is 10.8. The Morgan fingerprint density at radius 3 is 2.56 bits per heavy atom. The lowest BCUT2D eigenvalue weighted by molar-refractivity contribution is -0.116. The fraction of sp³-hybridized carbons (Fsp3) is 0.258. The minimum Gasteiger partial charge on any atom is -0.352 e. The fourth-order valence-corrected chi connectivity index (χ4v) is 5.93. The van der Waals surface area contributed by atoms with Gasteiger partial charge >= 0.3 is 0 Å². The van der Waals surface area contributed by atoms with Crippen molar-refractivity contribution in [3.8, 4) is 5.69 Å². The van der Waals surface area contributed by atoms with E-state index in [1.165, 1.54) is 0 Å². The van der Waals surface area contributed by atoms with Gasteiger partial charge in [0.25, 0.3) is 0 Å². The average Bonchev–Trinajstić information content (AvgIpc) is 3.40. The Morgan fingerprint density at radius 1 is 1.05 bits per heavy atom. The summed E-state index contributed by atoms with van der Waals surface area (Å²) in [6.07, 6.45) is 2.10. The maximum Gasteiger partial charge on any atom is 0.226 e. The van der Waals surface area contributed by atoms with Gasteiger partial charge in [-0.3, -0.25) is 9.78 Å². The molecule has 2 aromatic heterocycles. The van der Waals surface area contributed by atoms with E-state index in [2.05, 4.69) is 51.1 Å². The van der Waals surface area contributed by atoms with E-state index in [4.69, 9.17) is 23.8 Å². The number of aromatic nitrogens is 2. The van der Waals surface area contributed by atoms with E-state index in [1.54, 1.807) is 6.20 Å². The molecule has 1 fully saturated rings. The molecular formula is C31H32ClN5OS. The van der Waals surface area contributed by atoms with E-state index in [0.717, 1.165) is 50.2 Å². The minimum atomic E-state index is -0.160. The maximum atomic E-state index is 13.0. The van der Waals surface area contributed by atoms with Gasteiger partial charge in [0, 0.05) is 46.9 Å². The van der Waals surface area contributed by atoms with Gasteiger partial charge in [0.1, 0.15) is 0 Å². The highest BCUT2D eigenvalue weighted by molar-refractivity contribution is 7.80. The number of amides is 1. The molecule has 1 aliphatic heterocycles. The molecule has 2 aromatic carbocycles. The standard InChI is InChI=1S/C31H32ClN5OS/c1-19-10-5-6-12-25(19)34-28(38)15-17-36-30(29(35-31(36)39)26-13-7-8-16-33-26)23-18-20(2)37(22(23)4)27-14-9-11-24(32)21(27)3/h5-14,16,18,29-30H,15,17H2,1-4H3,(H,34,38)(H,35,39)/t29-,30+/m1/s1. The fourth-order valence-electron chi connectivity index (χ4n) is 5.43. The van der Waals surface area contributed by atoms with Crippen molar-refractivity contribution in [3.63, 3.8) is 0 Å². The first-order chi connectivity index (χ1) is 18.8. The van der Waals surface area contributed by atoms with Gasteiger partial charge in [-0.2, -0.15) is 0 Å². The van der Waals surface area contributed by atoms with Crippen molar-refractivity contribution in [2.24, 2.45) is 0 Å². The largest absolute Gasteiger partial charge is 0.352 e. The molecule has 1 aliphatic rings. The van der Waals surface area contributed by atoms with Gasteiger partial charge in [-0.05, 0) is 93.0 Å². The maximum absolute atomic E-state index is 13.0. The summed E-state index contributed by atoms with van der Waals surface area (Å²) in [5.41, 5.74) is 8.17. The summed E-state index contributed by atoms with van der Waals surface area (Å²) >= 11 is 12.3. The second-order valence-electron chi connectivity index (χ2n) is 9.98. The van der Waals surface area contributed by atoms with Gasteiger partial charge in [-0.1, -0.05) is 41.9 Å². The summed E-state index contributed by atoms with van der Waals surface area (Å²) in [5.74, 6) is -0.0489. The molecule has 0 spiro atoms. The van der Waals surface area contributed by atoms with Crippen LogP contribution in [0.2, 0.25) is 5.02 Å². The number of aryl methyl sites for hydroxylation is 2. The lowest BCUT2D eigenvalue weighted by Gasteiger charge is -2.28. The van der Waals surface area contributed by atoms with Crippen LogP contribution in [0.4, 0.5) is 5.69 Å². The number of benzene rings is 2. The van der Waals surface area contributed by atoms with Gasteiger partial charge in [-0.25, -0.2) is 0 Å². The van der Waals surface area contributed by atoms with Gasteiger partial charge in [-0.15, -0.1) is 0 Å². The SMILES string of the molecule is Cc1ccccc1NC(=O)CCN1C(=S)N[C@H](c2ccccn2)[C@@H]1c1cc(C)n(-c2cccc(Cl)c2C)c1C. The van der Waals surface area contributed by atoms with Crippen molar-refractivity contribution in [3.05, 3.63) is 112 Å². The van der Waals surface area contributed by atoms with E-state index in [0.29, 0.717) is 18.1 Å². The minimum absolute atomic E-state index is 0.0489. The molecular weight excluding hydrogens is 526 g/mol. The number of nitrogens with zero attached hydrogens (tertiary/aromatic N) is 3. The molecule has 1 amide bonds. The predicted octanol–water partition coefficient (Wildman–Crippen LogP) is 6.76. The highest BCUT2D eigenvalue weighted by atomic mass is 35.5. The lowest BCUT2D eigenvalue weighted by Crippen LogP contribution is -2.33. The highest BCUT2D eigenvalue weighted by Crippen LogP contribution is 2.42. The molecule has 0 unspecified atom stereocenters. The van der Waals surface area contributed by atoms with Gasteiger partial charge in [0.2, 0.25) is 5.91 Å². The molecule has 5 rings (SSSR count). The van der Waals surface area contributed by atoms with Crippen LogP contribution in [0.25, 0.3) is 5.69 Å². The predicted molar refractivity (Wildman–Crippen MR) is 162 cm³/mol. The molecule has 4 aromatic rings. The number of anilines is 1. The summed E-state index contributed by atoms with van der Waals surface area (Å²) in [5, 5.41) is 7.89. The molecule has 2 N–H and O–H groups in total. The number of nitrogens with one attached hydrogen (secondary N) is 2. The topological polar surface area (TPSA) is 62.2 Å². The number of pyridine rings is 1. The molecule has 0 radical (unpaired) electrons. The Balaban J connectivity index is 1.50. The van der Waals surface area contributed by atoms with Crippen LogP contribution in [0.1, 0.15) is 52.3 Å². The van der Waals surface area contributed by atoms with E-state index in [9.17, 15) is 4.79 Å². The number of carbonyl (C=O) groups is 1. The van der Waals surface area contributed by atoms with Crippen molar-refractivity contribution in [2.75, 3.05) is 11.9 Å². The zero-order valence-corrected chi connectivity index (χ0v) is 24.1. The molecule has 0 bridgehead atoms. The van der Waals surface area contributed by atoms with Crippen LogP contribution in [0.5, 0.6) is 0 Å². The molecule has 3 heterocycles. The average molecular weight is 558 g/mol.